The Labute approximate surface area is 147 Å². The lowest BCUT2D eigenvalue weighted by atomic mass is 9.70. The minimum Gasteiger partial charge on any atom is -0.390 e. The third-order valence-corrected chi connectivity index (χ3v) is 6.90. The molecule has 7 atom stereocenters. The Morgan fingerprint density at radius 2 is 2.24 bits per heavy atom. The van der Waals surface area contributed by atoms with Crippen molar-refractivity contribution in [1.29, 1.82) is 0 Å². The van der Waals surface area contributed by atoms with Gasteiger partial charge in [0.25, 0.3) is 5.91 Å². The number of nitrogens with one attached hydrogen (secondary N) is 1. The number of ether oxygens (including phenoxy) is 1. The summed E-state index contributed by atoms with van der Waals surface area (Å²) in [6, 6.07) is 8.18. The van der Waals surface area contributed by atoms with Crippen LogP contribution < -0.4 is 10.4 Å². The highest BCUT2D eigenvalue weighted by Gasteiger charge is 2.67. The van der Waals surface area contributed by atoms with Crippen molar-refractivity contribution in [2.24, 2.45) is 11.8 Å². The van der Waals surface area contributed by atoms with Crippen molar-refractivity contribution in [3.05, 3.63) is 29.8 Å². The molecule has 0 radical (unpaired) electrons. The van der Waals surface area contributed by atoms with E-state index in [2.05, 4.69) is 12.2 Å². The fraction of sp³-hybridized carbons (Fsp3) is 0.632. The van der Waals surface area contributed by atoms with Crippen LogP contribution in [-0.2, 0) is 19.8 Å². The molecule has 1 saturated carbocycles. The van der Waals surface area contributed by atoms with E-state index in [1.807, 2.05) is 24.3 Å². The predicted octanol–water partition coefficient (Wildman–Crippen LogP) is 0.979. The maximum Gasteiger partial charge on any atom is 0.264 e. The molecule has 25 heavy (non-hydrogen) atoms. The van der Waals surface area contributed by atoms with Crippen LogP contribution in [0.5, 0.6) is 0 Å². The van der Waals surface area contributed by atoms with Gasteiger partial charge in [0.05, 0.1) is 25.5 Å². The molecule has 0 aromatic heterocycles. The van der Waals surface area contributed by atoms with E-state index in [4.69, 9.17) is 9.57 Å². The second kappa shape index (κ2) is 5.27. The Bertz CT molecular complexity index is 725. The summed E-state index contributed by atoms with van der Waals surface area (Å²) in [5, 5.41) is 16.3. The van der Waals surface area contributed by atoms with E-state index < -0.39 is 17.6 Å². The van der Waals surface area contributed by atoms with Gasteiger partial charge in [-0.25, -0.2) is 0 Å². The number of hydrogen-bond acceptors (Lipinski definition) is 5. The number of aliphatic hydroxyl groups is 1. The number of carbonyl (C=O) groups is 1. The minimum absolute atomic E-state index is 0.122. The van der Waals surface area contributed by atoms with Crippen molar-refractivity contribution in [3.63, 3.8) is 0 Å². The summed E-state index contributed by atoms with van der Waals surface area (Å²) in [6.45, 7) is 2.75. The SMILES string of the molecule is CC[C@@H]1N[C@H]2C[C@@]3(C(=O)N(OC)c4ccccc43)[C@@H]3OC[C@H]2[C@H]1[C@@H]3O. The van der Waals surface area contributed by atoms with E-state index in [9.17, 15) is 9.90 Å². The summed E-state index contributed by atoms with van der Waals surface area (Å²) in [6.07, 6.45) is 0.437. The number of para-hydroxylation sites is 1. The summed E-state index contributed by atoms with van der Waals surface area (Å²) < 4.78 is 6.15. The predicted molar refractivity (Wildman–Crippen MR) is 91.0 cm³/mol. The van der Waals surface area contributed by atoms with Gasteiger partial charge in [0, 0.05) is 23.9 Å². The molecule has 2 N–H and O–H groups in total. The average molecular weight is 344 g/mol. The molecule has 0 unspecified atom stereocenters. The Morgan fingerprint density at radius 1 is 1.44 bits per heavy atom. The Morgan fingerprint density at radius 3 is 3.00 bits per heavy atom. The largest absolute Gasteiger partial charge is 0.390 e. The third-order valence-electron chi connectivity index (χ3n) is 6.90. The monoisotopic (exact) mass is 344 g/mol. The molecule has 6 nitrogen and oxygen atoms in total. The molecule has 1 aromatic rings. The summed E-state index contributed by atoms with van der Waals surface area (Å²) in [7, 11) is 1.51. The van der Waals surface area contributed by atoms with Gasteiger partial charge in [0.15, 0.2) is 0 Å². The summed E-state index contributed by atoms with van der Waals surface area (Å²) in [5.74, 6) is 0.278. The summed E-state index contributed by atoms with van der Waals surface area (Å²) in [5.41, 5.74) is 0.791. The zero-order chi connectivity index (χ0) is 17.3. The van der Waals surface area contributed by atoms with E-state index in [0.29, 0.717) is 19.1 Å². The van der Waals surface area contributed by atoms with E-state index in [1.54, 1.807) is 0 Å². The minimum atomic E-state index is -0.883. The lowest BCUT2D eigenvalue weighted by Gasteiger charge is -2.43. The quantitative estimate of drug-likeness (QED) is 0.837. The number of hydroxylamine groups is 1. The van der Waals surface area contributed by atoms with Crippen LogP contribution >= 0.6 is 0 Å². The van der Waals surface area contributed by atoms with Crippen molar-refractivity contribution in [2.45, 2.75) is 49.5 Å². The molecule has 4 heterocycles. The number of nitrogens with zero attached hydrogens (tertiary/aromatic N) is 1. The van der Waals surface area contributed by atoms with Crippen LogP contribution in [0, 0.1) is 11.8 Å². The number of aliphatic hydroxyl groups excluding tert-OH is 1. The molecular weight excluding hydrogens is 320 g/mol. The van der Waals surface area contributed by atoms with Crippen molar-refractivity contribution < 1.29 is 19.5 Å². The van der Waals surface area contributed by atoms with Crippen LogP contribution in [0.2, 0.25) is 0 Å². The number of carbonyl (C=O) groups excluding carboxylic acids is 1. The van der Waals surface area contributed by atoms with Crippen LogP contribution in [0.15, 0.2) is 24.3 Å². The smallest absolute Gasteiger partial charge is 0.264 e. The lowest BCUT2D eigenvalue weighted by Crippen LogP contribution is -2.59. The highest BCUT2D eigenvalue weighted by Crippen LogP contribution is 2.56. The number of hydrogen-bond donors (Lipinski definition) is 2. The van der Waals surface area contributed by atoms with Gasteiger partial charge in [-0.3, -0.25) is 9.63 Å². The molecule has 4 bridgehead atoms. The molecule has 1 aromatic carbocycles. The zero-order valence-electron chi connectivity index (χ0n) is 14.5. The van der Waals surface area contributed by atoms with Gasteiger partial charge in [0.2, 0.25) is 0 Å². The normalized spacial score (nSPS) is 44.4. The first-order valence-electron chi connectivity index (χ1n) is 9.17. The molecule has 4 aliphatic heterocycles. The van der Waals surface area contributed by atoms with Gasteiger partial charge in [-0.1, -0.05) is 25.1 Å². The number of anilines is 1. The molecule has 134 valence electrons. The van der Waals surface area contributed by atoms with E-state index in [1.165, 1.54) is 12.2 Å². The van der Waals surface area contributed by atoms with Crippen LogP contribution in [0.1, 0.15) is 25.3 Å². The molecule has 6 heteroatoms. The molecule has 3 saturated heterocycles. The second-order valence-corrected chi connectivity index (χ2v) is 7.75. The first-order valence-corrected chi connectivity index (χ1v) is 9.17. The van der Waals surface area contributed by atoms with Gasteiger partial charge >= 0.3 is 0 Å². The number of benzene rings is 1. The molecule has 1 amide bonds. The number of amides is 1. The molecule has 1 aliphatic carbocycles. The Balaban J connectivity index is 1.69. The van der Waals surface area contributed by atoms with E-state index in [-0.39, 0.29) is 23.8 Å². The Kier molecular flexibility index (Phi) is 3.32. The topological polar surface area (TPSA) is 71.0 Å². The van der Waals surface area contributed by atoms with Crippen molar-refractivity contribution in [2.75, 3.05) is 18.8 Å². The molecule has 6 rings (SSSR count). The zero-order valence-corrected chi connectivity index (χ0v) is 14.5. The van der Waals surface area contributed by atoms with Gasteiger partial charge in [-0.2, -0.15) is 5.06 Å². The molecule has 4 fully saturated rings. The van der Waals surface area contributed by atoms with Gasteiger partial charge in [-0.05, 0) is 24.5 Å². The molecule has 1 spiro atoms. The van der Waals surface area contributed by atoms with Crippen molar-refractivity contribution in [3.8, 4) is 0 Å². The number of rotatable bonds is 2. The van der Waals surface area contributed by atoms with Crippen LogP contribution in [0.4, 0.5) is 5.69 Å². The van der Waals surface area contributed by atoms with E-state index in [0.717, 1.165) is 17.7 Å². The van der Waals surface area contributed by atoms with Crippen molar-refractivity contribution >= 4 is 11.6 Å². The third kappa shape index (κ3) is 1.76. The lowest BCUT2D eigenvalue weighted by molar-refractivity contribution is -0.159. The van der Waals surface area contributed by atoms with Gasteiger partial charge in [-0.15, -0.1) is 0 Å². The van der Waals surface area contributed by atoms with E-state index >= 15 is 0 Å². The van der Waals surface area contributed by atoms with Crippen LogP contribution in [-0.4, -0.2) is 49.0 Å². The highest BCUT2D eigenvalue weighted by atomic mass is 16.7. The van der Waals surface area contributed by atoms with Crippen molar-refractivity contribution in [1.82, 2.24) is 5.32 Å². The molecular formula is C19H24N2O4. The Hall–Kier alpha value is -1.47. The number of fused-ring (bicyclic) bond motifs is 2. The standard InChI is InChI=1S/C19H24N2O4/c1-3-12-15-10-9-25-17(16(15)22)19(8-13(10)20-12)11-6-4-5-7-14(11)21(24-2)18(19)23/h4-7,10,12-13,15-17,20,22H,3,8-9H2,1-2H3/t10-,12+,13+,15-,16+,17-,19+/m1/s1. The average Bonchev–Trinajstić information content (AvgIpc) is 3.00. The van der Waals surface area contributed by atoms with Gasteiger partial charge < -0.3 is 15.2 Å². The van der Waals surface area contributed by atoms with Crippen LogP contribution in [0.25, 0.3) is 0 Å². The maximum atomic E-state index is 13.5. The second-order valence-electron chi connectivity index (χ2n) is 7.75. The maximum absolute atomic E-state index is 13.5. The fourth-order valence-corrected chi connectivity index (χ4v) is 5.89. The van der Waals surface area contributed by atoms with Gasteiger partial charge in [0.1, 0.15) is 11.5 Å². The molecule has 5 aliphatic rings. The fourth-order valence-electron chi connectivity index (χ4n) is 5.89. The first-order chi connectivity index (χ1) is 12.1. The highest BCUT2D eigenvalue weighted by molar-refractivity contribution is 6.07. The van der Waals surface area contributed by atoms with Crippen LogP contribution in [0.3, 0.4) is 0 Å². The summed E-state index contributed by atoms with van der Waals surface area (Å²) in [4.78, 5) is 18.9. The first kappa shape index (κ1) is 15.8. The summed E-state index contributed by atoms with van der Waals surface area (Å²) >= 11 is 0.